The van der Waals surface area contributed by atoms with Crippen molar-refractivity contribution < 1.29 is 9.21 Å². The Morgan fingerprint density at radius 3 is 2.72 bits per heavy atom. The Hall–Kier alpha value is -1.57. The number of rotatable bonds is 2. The van der Waals surface area contributed by atoms with E-state index in [1.54, 1.807) is 0 Å². The molecule has 2 aliphatic carbocycles. The number of Topliss-reactive ketones (excluding diaryl/α,β-unsaturated/α-hetero) is 1. The number of aryl methyl sites for hydroxylation is 1. The molecule has 4 rings (SSSR count). The van der Waals surface area contributed by atoms with Gasteiger partial charge in [0.05, 0.1) is 0 Å². The van der Waals surface area contributed by atoms with Crippen molar-refractivity contribution in [1.82, 2.24) is 0 Å². The minimum atomic E-state index is 0.218. The molecule has 0 spiro atoms. The van der Waals surface area contributed by atoms with E-state index in [0.717, 1.165) is 35.6 Å². The van der Waals surface area contributed by atoms with Gasteiger partial charge in [0, 0.05) is 11.3 Å². The molecule has 2 unspecified atom stereocenters. The third kappa shape index (κ3) is 1.52. The highest BCUT2D eigenvalue weighted by molar-refractivity contribution is 5.99. The van der Waals surface area contributed by atoms with E-state index in [1.165, 1.54) is 12.0 Å². The molecule has 2 atom stereocenters. The van der Waals surface area contributed by atoms with Gasteiger partial charge in [0.2, 0.25) is 5.78 Å². The van der Waals surface area contributed by atoms with Crippen LogP contribution >= 0.6 is 0 Å². The highest BCUT2D eigenvalue weighted by Crippen LogP contribution is 2.55. The second-order valence-corrected chi connectivity index (χ2v) is 5.94. The first-order chi connectivity index (χ1) is 8.70. The summed E-state index contributed by atoms with van der Waals surface area (Å²) < 4.78 is 5.70. The van der Waals surface area contributed by atoms with Gasteiger partial charge in [-0.1, -0.05) is 11.6 Å². The molecule has 0 saturated heterocycles. The zero-order chi connectivity index (χ0) is 12.3. The summed E-state index contributed by atoms with van der Waals surface area (Å²) in [7, 11) is 0. The zero-order valence-electron chi connectivity index (χ0n) is 10.5. The van der Waals surface area contributed by atoms with Crippen molar-refractivity contribution in [2.45, 2.75) is 26.2 Å². The molecule has 2 fully saturated rings. The fraction of sp³-hybridized carbons (Fsp3) is 0.438. The third-order valence-electron chi connectivity index (χ3n) is 4.53. The van der Waals surface area contributed by atoms with Gasteiger partial charge in [-0.05, 0) is 56.2 Å². The molecular weight excluding hydrogens is 224 g/mol. The van der Waals surface area contributed by atoms with Crippen LogP contribution in [0, 0.1) is 24.7 Å². The summed E-state index contributed by atoms with van der Waals surface area (Å²) in [6.07, 6.45) is 3.52. The van der Waals surface area contributed by atoms with E-state index in [1.807, 2.05) is 18.2 Å². The minimum absolute atomic E-state index is 0.218. The van der Waals surface area contributed by atoms with Crippen LogP contribution in [0.5, 0.6) is 0 Å². The maximum atomic E-state index is 12.4. The molecule has 0 amide bonds. The number of ketones is 1. The summed E-state index contributed by atoms with van der Waals surface area (Å²) in [4.78, 5) is 12.4. The lowest BCUT2D eigenvalue weighted by molar-refractivity contribution is 0.0888. The van der Waals surface area contributed by atoms with Crippen molar-refractivity contribution in [3.63, 3.8) is 0 Å². The quantitative estimate of drug-likeness (QED) is 0.743. The van der Waals surface area contributed by atoms with Crippen molar-refractivity contribution in [2.24, 2.45) is 17.8 Å². The van der Waals surface area contributed by atoms with Crippen molar-refractivity contribution in [3.8, 4) is 0 Å². The van der Waals surface area contributed by atoms with Gasteiger partial charge >= 0.3 is 0 Å². The van der Waals surface area contributed by atoms with E-state index in [2.05, 4.69) is 13.0 Å². The summed E-state index contributed by atoms with van der Waals surface area (Å²) in [5.41, 5.74) is 2.02. The first-order valence-corrected chi connectivity index (χ1v) is 6.75. The second kappa shape index (κ2) is 3.47. The third-order valence-corrected chi connectivity index (χ3v) is 4.53. The number of benzene rings is 1. The number of fused-ring (bicyclic) bond motifs is 2. The first-order valence-electron chi connectivity index (χ1n) is 6.75. The molecule has 92 valence electrons. The van der Waals surface area contributed by atoms with Crippen molar-refractivity contribution in [3.05, 3.63) is 35.6 Å². The van der Waals surface area contributed by atoms with Crippen LogP contribution in [0.25, 0.3) is 11.0 Å². The number of carbonyl (C=O) groups excluding carboxylic acids is 1. The molecule has 2 nitrogen and oxygen atoms in total. The summed E-state index contributed by atoms with van der Waals surface area (Å²) in [6.45, 7) is 2.05. The lowest BCUT2D eigenvalue weighted by atomic mass is 9.97. The van der Waals surface area contributed by atoms with Gasteiger partial charge in [0.25, 0.3) is 0 Å². The summed E-state index contributed by atoms with van der Waals surface area (Å²) >= 11 is 0. The lowest BCUT2D eigenvalue weighted by Gasteiger charge is -2.07. The highest BCUT2D eigenvalue weighted by atomic mass is 16.3. The summed E-state index contributed by atoms with van der Waals surface area (Å²) in [6, 6.07) is 7.95. The minimum Gasteiger partial charge on any atom is -0.453 e. The molecule has 2 heteroatoms. The van der Waals surface area contributed by atoms with Crippen LogP contribution < -0.4 is 0 Å². The van der Waals surface area contributed by atoms with Crippen LogP contribution in [-0.4, -0.2) is 5.78 Å². The van der Waals surface area contributed by atoms with Gasteiger partial charge in [-0.25, -0.2) is 0 Å². The zero-order valence-corrected chi connectivity index (χ0v) is 10.5. The predicted octanol–water partition coefficient (Wildman–Crippen LogP) is 3.97. The fourth-order valence-corrected chi connectivity index (χ4v) is 3.41. The molecule has 1 aromatic carbocycles. The average Bonchev–Trinajstić information content (AvgIpc) is 2.81. The van der Waals surface area contributed by atoms with Gasteiger partial charge in [-0.2, -0.15) is 0 Å². The van der Waals surface area contributed by atoms with Crippen LogP contribution in [0.1, 0.15) is 35.4 Å². The molecule has 2 saturated carbocycles. The Bertz CT molecular complexity index is 628. The largest absolute Gasteiger partial charge is 0.453 e. The van der Waals surface area contributed by atoms with Gasteiger partial charge in [0.1, 0.15) is 5.58 Å². The number of furan rings is 1. The summed E-state index contributed by atoms with van der Waals surface area (Å²) in [5.74, 6) is 2.67. The number of hydrogen-bond donors (Lipinski definition) is 0. The van der Waals surface area contributed by atoms with E-state index >= 15 is 0 Å². The second-order valence-electron chi connectivity index (χ2n) is 5.94. The Labute approximate surface area is 106 Å². The molecule has 0 aliphatic heterocycles. The summed E-state index contributed by atoms with van der Waals surface area (Å²) in [5, 5.41) is 1.04. The van der Waals surface area contributed by atoms with Gasteiger partial charge < -0.3 is 4.42 Å². The molecule has 1 heterocycles. The Morgan fingerprint density at radius 2 is 1.94 bits per heavy atom. The van der Waals surface area contributed by atoms with E-state index in [4.69, 9.17) is 4.42 Å². The van der Waals surface area contributed by atoms with Crippen molar-refractivity contribution >= 4 is 16.8 Å². The monoisotopic (exact) mass is 240 g/mol. The molecule has 0 N–H and O–H groups in total. The standard InChI is InChI=1S/C16H16O2/c1-9-2-3-14-12(4-9)8-15(18-14)16(17)13-6-10-5-11(10)7-13/h2-4,8,10-11,13H,5-7H2,1H3. The van der Waals surface area contributed by atoms with E-state index in [-0.39, 0.29) is 11.7 Å². The van der Waals surface area contributed by atoms with Crippen molar-refractivity contribution in [1.29, 1.82) is 0 Å². The maximum absolute atomic E-state index is 12.4. The Kier molecular flexibility index (Phi) is 2.00. The van der Waals surface area contributed by atoms with Crippen molar-refractivity contribution in [2.75, 3.05) is 0 Å². The topological polar surface area (TPSA) is 30.2 Å². The number of hydrogen-bond acceptors (Lipinski definition) is 2. The maximum Gasteiger partial charge on any atom is 0.201 e. The number of carbonyl (C=O) groups is 1. The van der Waals surface area contributed by atoms with Gasteiger partial charge in [0.15, 0.2) is 5.76 Å². The van der Waals surface area contributed by atoms with Crippen LogP contribution in [0.15, 0.2) is 28.7 Å². The highest BCUT2D eigenvalue weighted by Gasteiger charge is 2.48. The molecule has 2 aromatic rings. The first kappa shape index (κ1) is 10.4. The lowest BCUT2D eigenvalue weighted by Crippen LogP contribution is -2.11. The SMILES string of the molecule is Cc1ccc2oc(C(=O)C3CC4CC4C3)cc2c1. The van der Waals surface area contributed by atoms with Crippen LogP contribution in [0.3, 0.4) is 0 Å². The fourth-order valence-electron chi connectivity index (χ4n) is 3.41. The van der Waals surface area contributed by atoms with Crippen LogP contribution in [-0.2, 0) is 0 Å². The van der Waals surface area contributed by atoms with Crippen LogP contribution in [0.4, 0.5) is 0 Å². The van der Waals surface area contributed by atoms with Gasteiger partial charge in [-0.15, -0.1) is 0 Å². The average molecular weight is 240 g/mol. The molecule has 0 radical (unpaired) electrons. The Balaban J connectivity index is 1.67. The molecule has 2 aliphatic rings. The predicted molar refractivity (Wildman–Crippen MR) is 69.6 cm³/mol. The van der Waals surface area contributed by atoms with E-state index in [9.17, 15) is 4.79 Å². The van der Waals surface area contributed by atoms with Crippen LogP contribution in [0.2, 0.25) is 0 Å². The van der Waals surface area contributed by atoms with E-state index in [0.29, 0.717) is 5.76 Å². The molecule has 0 bridgehead atoms. The molecule has 18 heavy (non-hydrogen) atoms. The normalized spacial score (nSPS) is 29.5. The molecular formula is C16H16O2. The van der Waals surface area contributed by atoms with Gasteiger partial charge in [-0.3, -0.25) is 4.79 Å². The smallest absolute Gasteiger partial charge is 0.201 e. The Morgan fingerprint density at radius 1 is 1.17 bits per heavy atom. The molecule has 1 aromatic heterocycles. The van der Waals surface area contributed by atoms with E-state index < -0.39 is 0 Å².